The number of primary amides is 1. The number of amides is 1. The molecule has 0 bridgehead atoms. The van der Waals surface area contributed by atoms with E-state index in [1.54, 1.807) is 24.4 Å². The van der Waals surface area contributed by atoms with Gasteiger partial charge in [0.05, 0.1) is 10.6 Å². The maximum atomic E-state index is 11.3. The number of carbonyl (C=O) groups excluding carboxylic acids is 1. The highest BCUT2D eigenvalue weighted by molar-refractivity contribution is 6.31. The SMILES string of the molecule is NC(=O)c1cc(N)ccc1OCc1ccncc1Cl. The van der Waals surface area contributed by atoms with Crippen molar-refractivity contribution in [2.45, 2.75) is 6.61 Å². The normalized spacial score (nSPS) is 10.2. The topological polar surface area (TPSA) is 91.2 Å². The molecule has 1 aromatic heterocycles. The van der Waals surface area contributed by atoms with Crippen LogP contribution in [0.2, 0.25) is 5.02 Å². The molecule has 1 aromatic carbocycles. The van der Waals surface area contributed by atoms with Crippen LogP contribution in [0.3, 0.4) is 0 Å². The number of halogens is 1. The Balaban J connectivity index is 2.20. The lowest BCUT2D eigenvalue weighted by Gasteiger charge is -2.11. The highest BCUT2D eigenvalue weighted by Crippen LogP contribution is 2.23. The molecule has 19 heavy (non-hydrogen) atoms. The number of carbonyl (C=O) groups is 1. The van der Waals surface area contributed by atoms with Gasteiger partial charge in [-0.3, -0.25) is 9.78 Å². The molecule has 0 aliphatic rings. The molecule has 1 heterocycles. The number of anilines is 1. The van der Waals surface area contributed by atoms with Crippen LogP contribution in [0.15, 0.2) is 36.7 Å². The number of hydrogen-bond acceptors (Lipinski definition) is 4. The zero-order valence-corrected chi connectivity index (χ0v) is 10.7. The lowest BCUT2D eigenvalue weighted by molar-refractivity contribution is 0.0996. The Hall–Kier alpha value is -2.27. The average molecular weight is 278 g/mol. The first kappa shape index (κ1) is 13.2. The summed E-state index contributed by atoms with van der Waals surface area (Å²) in [6, 6.07) is 6.45. The van der Waals surface area contributed by atoms with Crippen LogP contribution >= 0.6 is 11.6 Å². The Labute approximate surface area is 115 Å². The minimum absolute atomic E-state index is 0.214. The van der Waals surface area contributed by atoms with Gasteiger partial charge in [0.2, 0.25) is 0 Å². The molecule has 6 heteroatoms. The molecular formula is C13H12ClN3O2. The predicted molar refractivity (Wildman–Crippen MR) is 73.0 cm³/mol. The molecular weight excluding hydrogens is 266 g/mol. The molecule has 1 amide bonds. The van der Waals surface area contributed by atoms with Crippen LogP contribution in [-0.2, 0) is 6.61 Å². The van der Waals surface area contributed by atoms with Gasteiger partial charge in [-0.05, 0) is 24.3 Å². The van der Waals surface area contributed by atoms with E-state index in [0.29, 0.717) is 16.5 Å². The molecule has 0 fully saturated rings. The van der Waals surface area contributed by atoms with Gasteiger partial charge in [0.15, 0.2) is 0 Å². The van der Waals surface area contributed by atoms with E-state index < -0.39 is 5.91 Å². The van der Waals surface area contributed by atoms with Crippen molar-refractivity contribution in [2.75, 3.05) is 5.73 Å². The summed E-state index contributed by atoms with van der Waals surface area (Å²) in [5.41, 5.74) is 12.3. The maximum Gasteiger partial charge on any atom is 0.252 e. The molecule has 2 aromatic rings. The maximum absolute atomic E-state index is 11.3. The molecule has 0 unspecified atom stereocenters. The van der Waals surface area contributed by atoms with E-state index in [4.69, 9.17) is 27.8 Å². The Morgan fingerprint density at radius 1 is 1.37 bits per heavy atom. The highest BCUT2D eigenvalue weighted by atomic mass is 35.5. The largest absolute Gasteiger partial charge is 0.488 e. The molecule has 0 spiro atoms. The lowest BCUT2D eigenvalue weighted by Crippen LogP contribution is -2.13. The summed E-state index contributed by atoms with van der Waals surface area (Å²) in [7, 11) is 0. The number of rotatable bonds is 4. The van der Waals surface area contributed by atoms with E-state index >= 15 is 0 Å². The number of nitrogens with zero attached hydrogens (tertiary/aromatic N) is 1. The third kappa shape index (κ3) is 3.14. The first-order valence-corrected chi connectivity index (χ1v) is 5.86. The van der Waals surface area contributed by atoms with Crippen LogP contribution in [0.25, 0.3) is 0 Å². The van der Waals surface area contributed by atoms with Gasteiger partial charge in [0, 0.05) is 23.6 Å². The number of ether oxygens (including phenoxy) is 1. The molecule has 2 rings (SSSR count). The second kappa shape index (κ2) is 5.58. The number of nitrogens with two attached hydrogens (primary N) is 2. The number of aromatic nitrogens is 1. The summed E-state index contributed by atoms with van der Waals surface area (Å²) in [4.78, 5) is 15.2. The van der Waals surface area contributed by atoms with Crippen molar-refractivity contribution < 1.29 is 9.53 Å². The van der Waals surface area contributed by atoms with E-state index in [2.05, 4.69) is 4.98 Å². The van der Waals surface area contributed by atoms with E-state index in [1.807, 2.05) is 0 Å². The van der Waals surface area contributed by atoms with Gasteiger partial charge in [-0.2, -0.15) is 0 Å². The lowest BCUT2D eigenvalue weighted by atomic mass is 10.1. The van der Waals surface area contributed by atoms with Crippen LogP contribution in [0.5, 0.6) is 5.75 Å². The van der Waals surface area contributed by atoms with Crippen molar-refractivity contribution in [1.29, 1.82) is 0 Å². The second-order valence-corrected chi connectivity index (χ2v) is 4.28. The van der Waals surface area contributed by atoms with Gasteiger partial charge >= 0.3 is 0 Å². The van der Waals surface area contributed by atoms with Crippen molar-refractivity contribution in [1.82, 2.24) is 4.98 Å². The van der Waals surface area contributed by atoms with Gasteiger partial charge in [-0.15, -0.1) is 0 Å². The van der Waals surface area contributed by atoms with Crippen LogP contribution in [-0.4, -0.2) is 10.9 Å². The molecule has 0 atom stereocenters. The number of nitrogen functional groups attached to an aromatic ring is 1. The average Bonchev–Trinajstić information content (AvgIpc) is 2.38. The van der Waals surface area contributed by atoms with E-state index in [-0.39, 0.29) is 12.2 Å². The third-order valence-corrected chi connectivity index (χ3v) is 2.85. The zero-order chi connectivity index (χ0) is 13.8. The number of benzene rings is 1. The number of hydrogen-bond donors (Lipinski definition) is 2. The fraction of sp³-hybridized carbons (Fsp3) is 0.0769. The molecule has 0 aliphatic heterocycles. The van der Waals surface area contributed by atoms with Crippen molar-refractivity contribution in [3.05, 3.63) is 52.8 Å². The van der Waals surface area contributed by atoms with Crippen LogP contribution in [0.1, 0.15) is 15.9 Å². The zero-order valence-electron chi connectivity index (χ0n) is 9.97. The van der Waals surface area contributed by atoms with E-state index in [1.165, 1.54) is 12.3 Å². The van der Waals surface area contributed by atoms with Crippen molar-refractivity contribution in [3.63, 3.8) is 0 Å². The first-order chi connectivity index (χ1) is 9.08. The fourth-order valence-electron chi connectivity index (χ4n) is 1.54. The van der Waals surface area contributed by atoms with Gasteiger partial charge in [0.1, 0.15) is 12.4 Å². The Kier molecular flexibility index (Phi) is 3.87. The summed E-state index contributed by atoms with van der Waals surface area (Å²) < 4.78 is 5.55. The number of pyridine rings is 1. The molecule has 5 nitrogen and oxygen atoms in total. The summed E-state index contributed by atoms with van der Waals surface area (Å²) >= 11 is 5.96. The van der Waals surface area contributed by atoms with Crippen LogP contribution in [0, 0.1) is 0 Å². The van der Waals surface area contributed by atoms with Crippen molar-refractivity contribution in [2.24, 2.45) is 5.73 Å². The van der Waals surface area contributed by atoms with Gasteiger partial charge in [0.25, 0.3) is 5.91 Å². The molecule has 0 saturated heterocycles. The predicted octanol–water partition coefficient (Wildman–Crippen LogP) is 2.00. The monoisotopic (exact) mass is 277 g/mol. The third-order valence-electron chi connectivity index (χ3n) is 2.51. The fourth-order valence-corrected chi connectivity index (χ4v) is 1.72. The molecule has 0 saturated carbocycles. The quantitative estimate of drug-likeness (QED) is 0.836. The van der Waals surface area contributed by atoms with Crippen LogP contribution in [0.4, 0.5) is 5.69 Å². The van der Waals surface area contributed by atoms with Gasteiger partial charge < -0.3 is 16.2 Å². The van der Waals surface area contributed by atoms with Crippen molar-refractivity contribution in [3.8, 4) is 5.75 Å². The van der Waals surface area contributed by atoms with E-state index in [0.717, 1.165) is 5.56 Å². The Morgan fingerprint density at radius 3 is 2.84 bits per heavy atom. The van der Waals surface area contributed by atoms with Crippen molar-refractivity contribution >= 4 is 23.2 Å². The minimum Gasteiger partial charge on any atom is -0.488 e. The van der Waals surface area contributed by atoms with E-state index in [9.17, 15) is 4.79 Å². The first-order valence-electron chi connectivity index (χ1n) is 5.48. The molecule has 0 aliphatic carbocycles. The van der Waals surface area contributed by atoms with Gasteiger partial charge in [-0.25, -0.2) is 0 Å². The molecule has 98 valence electrons. The Morgan fingerprint density at radius 2 is 2.16 bits per heavy atom. The summed E-state index contributed by atoms with van der Waals surface area (Å²) in [5, 5.41) is 0.499. The molecule has 4 N–H and O–H groups in total. The Bertz CT molecular complexity index is 617. The van der Waals surface area contributed by atoms with Crippen LogP contribution < -0.4 is 16.2 Å². The van der Waals surface area contributed by atoms with Gasteiger partial charge in [-0.1, -0.05) is 11.6 Å². The second-order valence-electron chi connectivity index (χ2n) is 3.88. The summed E-state index contributed by atoms with van der Waals surface area (Å²) in [5.74, 6) is -0.224. The standard InChI is InChI=1S/C13H12ClN3O2/c14-11-6-17-4-3-8(11)7-19-12-2-1-9(15)5-10(12)13(16)18/h1-6H,7,15H2,(H2,16,18). The highest BCUT2D eigenvalue weighted by Gasteiger charge is 2.10. The summed E-state index contributed by atoms with van der Waals surface area (Å²) in [6.45, 7) is 0.214. The smallest absolute Gasteiger partial charge is 0.252 e. The summed E-state index contributed by atoms with van der Waals surface area (Å²) in [6.07, 6.45) is 3.14. The minimum atomic E-state index is -0.594. The molecule has 0 radical (unpaired) electrons.